The Labute approximate surface area is 84.4 Å². The predicted molar refractivity (Wildman–Crippen MR) is 51.1 cm³/mol. The second-order valence-electron chi connectivity index (χ2n) is 2.96. The summed E-state index contributed by atoms with van der Waals surface area (Å²) < 4.78 is 25.0. The van der Waals surface area contributed by atoms with Crippen molar-refractivity contribution >= 4 is 5.69 Å². The molecule has 78 valence electrons. The van der Waals surface area contributed by atoms with E-state index in [1.807, 2.05) is 0 Å². The monoisotopic (exact) mass is 210 g/mol. The van der Waals surface area contributed by atoms with E-state index >= 15 is 0 Å². The van der Waals surface area contributed by atoms with Crippen LogP contribution in [0.4, 0.5) is 14.5 Å². The van der Waals surface area contributed by atoms with E-state index in [4.69, 9.17) is 5.73 Å². The maximum Gasteiger partial charge on any atom is 0.333 e. The lowest BCUT2D eigenvalue weighted by Crippen LogP contribution is -1.96. The Kier molecular flexibility index (Phi) is 2.32. The Hall–Kier alpha value is -1.98. The molecule has 2 aromatic heterocycles. The number of alkyl halides is 2. The summed E-state index contributed by atoms with van der Waals surface area (Å²) >= 11 is 0. The topological polar surface area (TPSA) is 56.7 Å². The molecule has 6 heteroatoms. The van der Waals surface area contributed by atoms with Gasteiger partial charge in [-0.3, -0.25) is 4.98 Å². The Balaban J connectivity index is 2.33. The largest absolute Gasteiger partial charge is 0.397 e. The summed E-state index contributed by atoms with van der Waals surface area (Å²) in [6, 6.07) is 3.31. The molecule has 2 aromatic rings. The quantitative estimate of drug-likeness (QED) is 0.823. The smallest absolute Gasteiger partial charge is 0.333 e. The van der Waals surface area contributed by atoms with Crippen molar-refractivity contribution in [1.29, 1.82) is 0 Å². The molecule has 0 amide bonds. The summed E-state index contributed by atoms with van der Waals surface area (Å²) in [5, 5.41) is 3.51. The number of hydrogen-bond acceptors (Lipinski definition) is 3. The molecule has 0 bridgehead atoms. The zero-order valence-electron chi connectivity index (χ0n) is 7.64. The lowest BCUT2D eigenvalue weighted by molar-refractivity contribution is 0.0566. The van der Waals surface area contributed by atoms with Crippen molar-refractivity contribution in [2.75, 3.05) is 5.73 Å². The zero-order chi connectivity index (χ0) is 10.8. The van der Waals surface area contributed by atoms with Crippen LogP contribution in [0.3, 0.4) is 0 Å². The molecule has 0 aliphatic rings. The van der Waals surface area contributed by atoms with Gasteiger partial charge in [-0.2, -0.15) is 13.9 Å². The molecule has 0 unspecified atom stereocenters. The average Bonchev–Trinajstić information content (AvgIpc) is 2.68. The second kappa shape index (κ2) is 3.64. The maximum atomic E-state index is 12.2. The van der Waals surface area contributed by atoms with E-state index < -0.39 is 6.55 Å². The number of nitrogens with two attached hydrogens (primary N) is 1. The van der Waals surface area contributed by atoms with E-state index in [-0.39, 0.29) is 0 Å². The number of nitrogens with zero attached hydrogens (tertiary/aromatic N) is 3. The van der Waals surface area contributed by atoms with Gasteiger partial charge in [0.25, 0.3) is 0 Å². The molecular formula is C9H8F2N4. The summed E-state index contributed by atoms with van der Waals surface area (Å²) in [6.07, 6.45) is 4.04. The van der Waals surface area contributed by atoms with Crippen molar-refractivity contribution < 1.29 is 8.78 Å². The number of aromatic nitrogens is 3. The zero-order valence-corrected chi connectivity index (χ0v) is 7.64. The van der Waals surface area contributed by atoms with Gasteiger partial charge in [-0.05, 0) is 12.1 Å². The van der Waals surface area contributed by atoms with E-state index in [1.54, 1.807) is 12.1 Å². The average molecular weight is 210 g/mol. The Morgan fingerprint density at radius 1 is 1.27 bits per heavy atom. The van der Waals surface area contributed by atoms with Crippen LogP contribution in [0.2, 0.25) is 0 Å². The second-order valence-corrected chi connectivity index (χ2v) is 2.96. The fourth-order valence-electron chi connectivity index (χ4n) is 1.15. The Morgan fingerprint density at radius 2 is 2.07 bits per heavy atom. The van der Waals surface area contributed by atoms with Crippen LogP contribution >= 0.6 is 0 Å². The standard InChI is InChI=1S/C9H8F2N4/c10-9(11)15-5-6(3-14-15)8-2-1-7(12)4-13-8/h1-5,9H,12H2. The number of anilines is 1. The summed E-state index contributed by atoms with van der Waals surface area (Å²) in [5.41, 5.74) is 7.09. The minimum atomic E-state index is -2.63. The van der Waals surface area contributed by atoms with Gasteiger partial charge in [0, 0.05) is 11.8 Å². The van der Waals surface area contributed by atoms with Gasteiger partial charge in [0.15, 0.2) is 0 Å². The molecule has 2 N–H and O–H groups in total. The fourth-order valence-corrected chi connectivity index (χ4v) is 1.15. The Morgan fingerprint density at radius 3 is 2.60 bits per heavy atom. The van der Waals surface area contributed by atoms with E-state index in [0.29, 0.717) is 21.6 Å². The highest BCUT2D eigenvalue weighted by Gasteiger charge is 2.08. The minimum absolute atomic E-state index is 0.528. The van der Waals surface area contributed by atoms with Crippen LogP contribution in [-0.2, 0) is 0 Å². The molecule has 15 heavy (non-hydrogen) atoms. The van der Waals surface area contributed by atoms with Gasteiger partial charge >= 0.3 is 6.55 Å². The highest BCUT2D eigenvalue weighted by atomic mass is 19.3. The number of nitrogen functional groups attached to an aromatic ring is 1. The third-order valence-corrected chi connectivity index (χ3v) is 1.88. The molecule has 0 saturated heterocycles. The van der Waals surface area contributed by atoms with Crippen LogP contribution in [0.15, 0.2) is 30.7 Å². The molecule has 0 fully saturated rings. The molecule has 4 nitrogen and oxygen atoms in total. The maximum absolute atomic E-state index is 12.2. The van der Waals surface area contributed by atoms with Crippen molar-refractivity contribution in [2.24, 2.45) is 0 Å². The van der Waals surface area contributed by atoms with Gasteiger partial charge in [-0.1, -0.05) is 0 Å². The van der Waals surface area contributed by atoms with Crippen LogP contribution in [0.5, 0.6) is 0 Å². The number of hydrogen-bond donors (Lipinski definition) is 1. The van der Waals surface area contributed by atoms with Crippen molar-refractivity contribution in [3.8, 4) is 11.3 Å². The molecule has 2 heterocycles. The normalized spacial score (nSPS) is 10.9. The third-order valence-electron chi connectivity index (χ3n) is 1.88. The van der Waals surface area contributed by atoms with E-state index in [1.165, 1.54) is 18.6 Å². The van der Waals surface area contributed by atoms with Gasteiger partial charge in [0.1, 0.15) is 0 Å². The van der Waals surface area contributed by atoms with Crippen LogP contribution in [0, 0.1) is 0 Å². The summed E-state index contributed by atoms with van der Waals surface area (Å²) in [6.45, 7) is -2.63. The summed E-state index contributed by atoms with van der Waals surface area (Å²) in [7, 11) is 0. The Bertz CT molecular complexity index is 449. The first kappa shape index (κ1) is 9.57. The van der Waals surface area contributed by atoms with Crippen LogP contribution in [0.1, 0.15) is 6.55 Å². The van der Waals surface area contributed by atoms with E-state index in [0.717, 1.165) is 0 Å². The number of pyridine rings is 1. The third kappa shape index (κ3) is 1.93. The van der Waals surface area contributed by atoms with Crippen molar-refractivity contribution in [3.05, 3.63) is 30.7 Å². The first-order valence-electron chi connectivity index (χ1n) is 4.21. The molecule has 0 spiro atoms. The van der Waals surface area contributed by atoms with Gasteiger partial charge < -0.3 is 5.73 Å². The SMILES string of the molecule is Nc1ccc(-c2cnn(C(F)F)c2)nc1. The van der Waals surface area contributed by atoms with Crippen LogP contribution in [-0.4, -0.2) is 14.8 Å². The van der Waals surface area contributed by atoms with Crippen LogP contribution in [0.25, 0.3) is 11.3 Å². The molecule has 0 saturated carbocycles. The lowest BCUT2D eigenvalue weighted by atomic mass is 10.2. The van der Waals surface area contributed by atoms with Crippen LogP contribution < -0.4 is 5.73 Å². The van der Waals surface area contributed by atoms with Crippen molar-refractivity contribution in [1.82, 2.24) is 14.8 Å². The molecule has 0 aliphatic carbocycles. The number of halogens is 2. The van der Waals surface area contributed by atoms with Crippen molar-refractivity contribution in [2.45, 2.75) is 6.55 Å². The molecule has 2 rings (SSSR count). The number of rotatable bonds is 2. The fraction of sp³-hybridized carbons (Fsp3) is 0.111. The summed E-state index contributed by atoms with van der Waals surface area (Å²) in [5.74, 6) is 0. The van der Waals surface area contributed by atoms with Gasteiger partial charge in [-0.15, -0.1) is 0 Å². The van der Waals surface area contributed by atoms with Gasteiger partial charge in [0.2, 0.25) is 0 Å². The van der Waals surface area contributed by atoms with E-state index in [9.17, 15) is 8.78 Å². The molecule has 0 radical (unpaired) electrons. The molecule has 0 aliphatic heterocycles. The van der Waals surface area contributed by atoms with Gasteiger partial charge in [-0.25, -0.2) is 4.68 Å². The minimum Gasteiger partial charge on any atom is -0.397 e. The van der Waals surface area contributed by atoms with Crippen molar-refractivity contribution in [3.63, 3.8) is 0 Å². The molecular weight excluding hydrogens is 202 g/mol. The predicted octanol–water partition coefficient (Wildman–Crippen LogP) is 1.92. The summed E-state index contributed by atoms with van der Waals surface area (Å²) in [4.78, 5) is 4.00. The lowest BCUT2D eigenvalue weighted by Gasteiger charge is -1.97. The highest BCUT2D eigenvalue weighted by molar-refractivity contribution is 5.58. The van der Waals surface area contributed by atoms with Gasteiger partial charge in [0.05, 0.1) is 23.8 Å². The molecule has 0 aromatic carbocycles. The molecule has 0 atom stereocenters. The first-order valence-corrected chi connectivity index (χ1v) is 4.21. The highest BCUT2D eigenvalue weighted by Crippen LogP contribution is 2.19. The first-order chi connectivity index (χ1) is 7.16. The van der Waals surface area contributed by atoms with E-state index in [2.05, 4.69) is 10.1 Å².